The van der Waals surface area contributed by atoms with Crippen molar-refractivity contribution in [2.24, 2.45) is 0 Å². The number of ether oxygens (including phenoxy) is 2. The molecule has 0 aromatic heterocycles. The third-order valence-electron chi connectivity index (χ3n) is 3.66. The molecule has 0 unspecified atom stereocenters. The Labute approximate surface area is 136 Å². The average Bonchev–Trinajstić information content (AvgIpc) is 2.61. The molecule has 4 nitrogen and oxygen atoms in total. The van der Waals surface area contributed by atoms with Crippen molar-refractivity contribution in [3.05, 3.63) is 65.7 Å². The Kier molecular flexibility index (Phi) is 5.41. The third-order valence-corrected chi connectivity index (χ3v) is 3.66. The van der Waals surface area contributed by atoms with Gasteiger partial charge in [0, 0.05) is 11.1 Å². The zero-order valence-corrected chi connectivity index (χ0v) is 13.6. The van der Waals surface area contributed by atoms with Crippen LogP contribution in [-0.4, -0.2) is 20.1 Å². The Morgan fingerprint density at radius 1 is 1.13 bits per heavy atom. The number of rotatable bonds is 6. The molecule has 1 atom stereocenters. The molecule has 0 bridgehead atoms. The summed E-state index contributed by atoms with van der Waals surface area (Å²) >= 11 is 0. The van der Waals surface area contributed by atoms with Crippen LogP contribution in [0.2, 0.25) is 0 Å². The van der Waals surface area contributed by atoms with E-state index in [1.54, 1.807) is 32.4 Å². The lowest BCUT2D eigenvalue weighted by Crippen LogP contribution is -2.26. The molecule has 0 spiro atoms. The number of nitrogens with one attached hydrogen (secondary N) is 1. The van der Waals surface area contributed by atoms with Crippen LogP contribution in [0.3, 0.4) is 0 Å². The van der Waals surface area contributed by atoms with Crippen LogP contribution in [-0.2, 0) is 0 Å². The summed E-state index contributed by atoms with van der Waals surface area (Å²) < 4.78 is 10.6. The minimum Gasteiger partial charge on any atom is -0.497 e. The fraction of sp³-hybridized carbons (Fsp3) is 0.211. The van der Waals surface area contributed by atoms with Gasteiger partial charge < -0.3 is 14.8 Å². The molecule has 0 fully saturated rings. The fourth-order valence-corrected chi connectivity index (χ4v) is 2.31. The molecule has 2 aromatic carbocycles. The molecule has 1 N–H and O–H groups in total. The van der Waals surface area contributed by atoms with Gasteiger partial charge in [0.25, 0.3) is 5.91 Å². The lowest BCUT2D eigenvalue weighted by molar-refractivity contribution is 0.0939. The summed E-state index contributed by atoms with van der Waals surface area (Å²) in [5.74, 6) is 1.29. The van der Waals surface area contributed by atoms with Gasteiger partial charge in [-0.15, -0.1) is 0 Å². The second-order valence-electron chi connectivity index (χ2n) is 5.13. The summed E-state index contributed by atoms with van der Waals surface area (Å²) in [6, 6.07) is 12.6. The maximum Gasteiger partial charge on any atom is 0.251 e. The molecule has 0 radical (unpaired) electrons. The van der Waals surface area contributed by atoms with Gasteiger partial charge in [0.2, 0.25) is 0 Å². The molecule has 2 aromatic rings. The van der Waals surface area contributed by atoms with Gasteiger partial charge in [-0.3, -0.25) is 4.79 Å². The van der Waals surface area contributed by atoms with Crippen LogP contribution in [0.15, 0.2) is 49.0 Å². The zero-order chi connectivity index (χ0) is 16.8. The monoisotopic (exact) mass is 311 g/mol. The highest BCUT2D eigenvalue weighted by molar-refractivity contribution is 5.94. The summed E-state index contributed by atoms with van der Waals surface area (Å²) in [5, 5.41) is 2.98. The lowest BCUT2D eigenvalue weighted by atomic mass is 10.1. The van der Waals surface area contributed by atoms with E-state index in [1.807, 2.05) is 37.3 Å². The van der Waals surface area contributed by atoms with E-state index in [1.165, 1.54) is 0 Å². The van der Waals surface area contributed by atoms with Crippen LogP contribution in [0.4, 0.5) is 0 Å². The Bertz CT molecular complexity index is 692. The number of amides is 1. The third kappa shape index (κ3) is 3.92. The molecule has 2 rings (SSSR count). The molecule has 23 heavy (non-hydrogen) atoms. The standard InChI is InChI=1S/C19H21NO3/c1-5-14-6-8-15(9-7-14)19(21)20-13(2)17-12-16(22-3)10-11-18(17)23-4/h5-13H,1H2,2-4H3,(H,20,21)/t13-/m1/s1. The highest BCUT2D eigenvalue weighted by Gasteiger charge is 2.16. The summed E-state index contributed by atoms with van der Waals surface area (Å²) in [5.41, 5.74) is 2.44. The molecule has 0 saturated heterocycles. The summed E-state index contributed by atoms with van der Waals surface area (Å²) in [7, 11) is 3.21. The number of benzene rings is 2. The first-order valence-electron chi connectivity index (χ1n) is 7.34. The summed E-state index contributed by atoms with van der Waals surface area (Å²) in [4.78, 5) is 12.4. The predicted octanol–water partition coefficient (Wildman–Crippen LogP) is 3.84. The zero-order valence-electron chi connectivity index (χ0n) is 13.6. The van der Waals surface area contributed by atoms with Gasteiger partial charge in [-0.1, -0.05) is 24.8 Å². The molecule has 0 aliphatic heterocycles. The maximum atomic E-state index is 12.4. The Hall–Kier alpha value is -2.75. The molecular formula is C19H21NO3. The first kappa shape index (κ1) is 16.6. The summed E-state index contributed by atoms with van der Waals surface area (Å²) in [6.45, 7) is 5.61. The number of carbonyl (C=O) groups is 1. The van der Waals surface area contributed by atoms with Crippen LogP contribution in [0.25, 0.3) is 6.08 Å². The molecule has 120 valence electrons. The molecule has 0 heterocycles. The quantitative estimate of drug-likeness (QED) is 0.882. The topological polar surface area (TPSA) is 47.6 Å². The Morgan fingerprint density at radius 2 is 1.83 bits per heavy atom. The number of carbonyl (C=O) groups excluding carboxylic acids is 1. The van der Waals surface area contributed by atoms with Gasteiger partial charge in [0.05, 0.1) is 20.3 Å². The van der Waals surface area contributed by atoms with Crippen molar-refractivity contribution in [3.8, 4) is 11.5 Å². The van der Waals surface area contributed by atoms with E-state index >= 15 is 0 Å². The van der Waals surface area contributed by atoms with Crippen molar-refractivity contribution >= 4 is 12.0 Å². The fourth-order valence-electron chi connectivity index (χ4n) is 2.31. The molecule has 1 amide bonds. The first-order chi connectivity index (χ1) is 11.1. The van der Waals surface area contributed by atoms with E-state index in [9.17, 15) is 4.79 Å². The number of hydrogen-bond acceptors (Lipinski definition) is 3. The van der Waals surface area contributed by atoms with E-state index in [4.69, 9.17) is 9.47 Å². The van der Waals surface area contributed by atoms with E-state index < -0.39 is 0 Å². The second kappa shape index (κ2) is 7.49. The van der Waals surface area contributed by atoms with Crippen LogP contribution in [0.5, 0.6) is 11.5 Å². The minimum atomic E-state index is -0.216. The summed E-state index contributed by atoms with van der Waals surface area (Å²) in [6.07, 6.45) is 1.74. The minimum absolute atomic E-state index is 0.141. The molecule has 4 heteroatoms. The largest absolute Gasteiger partial charge is 0.497 e. The maximum absolute atomic E-state index is 12.4. The van der Waals surface area contributed by atoms with Crippen LogP contribution >= 0.6 is 0 Å². The predicted molar refractivity (Wildman–Crippen MR) is 92.0 cm³/mol. The van der Waals surface area contributed by atoms with E-state index in [-0.39, 0.29) is 11.9 Å². The molecule has 0 saturated carbocycles. The number of methoxy groups -OCH3 is 2. The van der Waals surface area contributed by atoms with Crippen molar-refractivity contribution < 1.29 is 14.3 Å². The van der Waals surface area contributed by atoms with Crippen molar-refractivity contribution in [1.29, 1.82) is 0 Å². The molecular weight excluding hydrogens is 290 g/mol. The van der Waals surface area contributed by atoms with Gasteiger partial charge in [-0.2, -0.15) is 0 Å². The van der Waals surface area contributed by atoms with Crippen molar-refractivity contribution in [3.63, 3.8) is 0 Å². The van der Waals surface area contributed by atoms with Gasteiger partial charge in [-0.05, 0) is 42.8 Å². The van der Waals surface area contributed by atoms with E-state index in [0.717, 1.165) is 16.9 Å². The highest BCUT2D eigenvalue weighted by atomic mass is 16.5. The smallest absolute Gasteiger partial charge is 0.251 e. The van der Waals surface area contributed by atoms with Crippen LogP contribution in [0, 0.1) is 0 Å². The van der Waals surface area contributed by atoms with Crippen LogP contribution in [0.1, 0.15) is 34.5 Å². The Balaban J connectivity index is 2.18. The number of hydrogen-bond donors (Lipinski definition) is 1. The van der Waals surface area contributed by atoms with Gasteiger partial charge >= 0.3 is 0 Å². The normalized spacial score (nSPS) is 11.4. The SMILES string of the molecule is C=Cc1ccc(C(=O)N[C@H](C)c2cc(OC)ccc2OC)cc1. The van der Waals surface area contributed by atoms with E-state index in [0.29, 0.717) is 11.3 Å². The Morgan fingerprint density at radius 3 is 2.39 bits per heavy atom. The molecule has 0 aliphatic rings. The highest BCUT2D eigenvalue weighted by Crippen LogP contribution is 2.29. The van der Waals surface area contributed by atoms with Gasteiger partial charge in [-0.25, -0.2) is 0 Å². The van der Waals surface area contributed by atoms with Crippen molar-refractivity contribution in [2.75, 3.05) is 14.2 Å². The van der Waals surface area contributed by atoms with Gasteiger partial charge in [0.15, 0.2) is 0 Å². The van der Waals surface area contributed by atoms with Crippen molar-refractivity contribution in [2.45, 2.75) is 13.0 Å². The average molecular weight is 311 g/mol. The first-order valence-corrected chi connectivity index (χ1v) is 7.34. The molecule has 0 aliphatic carbocycles. The van der Waals surface area contributed by atoms with Crippen LogP contribution < -0.4 is 14.8 Å². The van der Waals surface area contributed by atoms with Gasteiger partial charge in [0.1, 0.15) is 11.5 Å². The second-order valence-corrected chi connectivity index (χ2v) is 5.13. The van der Waals surface area contributed by atoms with E-state index in [2.05, 4.69) is 11.9 Å². The van der Waals surface area contributed by atoms with Crippen molar-refractivity contribution in [1.82, 2.24) is 5.32 Å². The lowest BCUT2D eigenvalue weighted by Gasteiger charge is -2.18.